The largest absolute Gasteiger partial charge is 0.392 e. The van der Waals surface area contributed by atoms with E-state index in [0.29, 0.717) is 22.4 Å². The SMILES string of the molecule is CC(C)C1CCC(C(O)Cc2cccc(Cl)c2Cl)CC1. The van der Waals surface area contributed by atoms with Gasteiger partial charge >= 0.3 is 0 Å². The van der Waals surface area contributed by atoms with Gasteiger partial charge in [-0.15, -0.1) is 0 Å². The fraction of sp³-hybridized carbons (Fsp3) is 0.647. The Morgan fingerprint density at radius 3 is 2.30 bits per heavy atom. The van der Waals surface area contributed by atoms with E-state index in [-0.39, 0.29) is 6.10 Å². The van der Waals surface area contributed by atoms with Crippen molar-refractivity contribution in [3.63, 3.8) is 0 Å². The highest BCUT2D eigenvalue weighted by atomic mass is 35.5. The van der Waals surface area contributed by atoms with Gasteiger partial charge in [0, 0.05) is 6.42 Å². The van der Waals surface area contributed by atoms with E-state index in [9.17, 15) is 5.11 Å². The van der Waals surface area contributed by atoms with Crippen LogP contribution in [-0.2, 0) is 6.42 Å². The van der Waals surface area contributed by atoms with Gasteiger partial charge in [-0.3, -0.25) is 0 Å². The fourth-order valence-corrected chi connectivity index (χ4v) is 3.69. The van der Waals surface area contributed by atoms with Crippen LogP contribution < -0.4 is 0 Å². The van der Waals surface area contributed by atoms with E-state index in [0.717, 1.165) is 30.2 Å². The summed E-state index contributed by atoms with van der Waals surface area (Å²) < 4.78 is 0. The first-order valence-electron chi connectivity index (χ1n) is 7.60. The van der Waals surface area contributed by atoms with Crippen molar-refractivity contribution in [3.05, 3.63) is 33.8 Å². The van der Waals surface area contributed by atoms with E-state index >= 15 is 0 Å². The van der Waals surface area contributed by atoms with Gasteiger partial charge in [-0.2, -0.15) is 0 Å². The van der Waals surface area contributed by atoms with Gasteiger partial charge in [0.25, 0.3) is 0 Å². The maximum absolute atomic E-state index is 10.5. The van der Waals surface area contributed by atoms with Crippen molar-refractivity contribution in [2.45, 2.75) is 52.1 Å². The van der Waals surface area contributed by atoms with E-state index in [1.165, 1.54) is 12.8 Å². The Kier molecular flexibility index (Phi) is 5.77. The minimum Gasteiger partial charge on any atom is -0.392 e. The molecule has 1 aromatic carbocycles. The Balaban J connectivity index is 1.93. The van der Waals surface area contributed by atoms with Gasteiger partial charge in [-0.25, -0.2) is 0 Å². The third kappa shape index (κ3) is 3.90. The van der Waals surface area contributed by atoms with Crippen LogP contribution in [0.1, 0.15) is 45.1 Å². The maximum atomic E-state index is 10.5. The Morgan fingerprint density at radius 2 is 1.70 bits per heavy atom. The van der Waals surface area contributed by atoms with Gasteiger partial charge in [0.2, 0.25) is 0 Å². The second kappa shape index (κ2) is 7.15. The zero-order valence-electron chi connectivity index (χ0n) is 12.3. The molecule has 0 aromatic heterocycles. The van der Waals surface area contributed by atoms with E-state index in [4.69, 9.17) is 23.2 Å². The monoisotopic (exact) mass is 314 g/mol. The fourth-order valence-electron chi connectivity index (χ4n) is 3.29. The lowest BCUT2D eigenvalue weighted by Crippen LogP contribution is -2.28. The van der Waals surface area contributed by atoms with Gasteiger partial charge in [-0.1, -0.05) is 49.2 Å². The highest BCUT2D eigenvalue weighted by Crippen LogP contribution is 2.36. The molecular formula is C17H24Cl2O. The van der Waals surface area contributed by atoms with Gasteiger partial charge < -0.3 is 5.11 Å². The highest BCUT2D eigenvalue weighted by molar-refractivity contribution is 6.42. The van der Waals surface area contributed by atoms with Gasteiger partial charge in [0.1, 0.15) is 0 Å². The Labute approximate surface area is 132 Å². The predicted molar refractivity (Wildman–Crippen MR) is 86.5 cm³/mol. The third-order valence-electron chi connectivity index (χ3n) is 4.76. The lowest BCUT2D eigenvalue weighted by atomic mass is 9.74. The van der Waals surface area contributed by atoms with Crippen molar-refractivity contribution in [1.29, 1.82) is 0 Å². The molecular weight excluding hydrogens is 291 g/mol. The molecule has 112 valence electrons. The number of benzene rings is 1. The summed E-state index contributed by atoms with van der Waals surface area (Å²) in [7, 11) is 0. The van der Waals surface area contributed by atoms with Crippen LogP contribution in [0.2, 0.25) is 10.0 Å². The molecule has 1 nitrogen and oxygen atoms in total. The van der Waals surface area contributed by atoms with E-state index < -0.39 is 0 Å². The summed E-state index contributed by atoms with van der Waals surface area (Å²) in [6.07, 6.45) is 5.03. The van der Waals surface area contributed by atoms with Crippen molar-refractivity contribution in [3.8, 4) is 0 Å². The first-order valence-corrected chi connectivity index (χ1v) is 8.35. The molecule has 1 aliphatic rings. The van der Waals surface area contributed by atoms with E-state index in [1.54, 1.807) is 6.07 Å². The molecule has 1 atom stereocenters. The summed E-state index contributed by atoms with van der Waals surface area (Å²) in [6, 6.07) is 5.64. The molecule has 1 aliphatic carbocycles. The van der Waals surface area contributed by atoms with Crippen molar-refractivity contribution >= 4 is 23.2 Å². The number of rotatable bonds is 4. The van der Waals surface area contributed by atoms with Crippen LogP contribution in [0.4, 0.5) is 0 Å². The smallest absolute Gasteiger partial charge is 0.0625 e. The number of hydrogen-bond donors (Lipinski definition) is 1. The first kappa shape index (κ1) is 16.1. The second-order valence-corrected chi connectivity index (χ2v) is 7.19. The molecule has 1 unspecified atom stereocenters. The molecule has 1 N–H and O–H groups in total. The number of hydrogen-bond acceptors (Lipinski definition) is 1. The molecule has 0 spiro atoms. The summed E-state index contributed by atoms with van der Waals surface area (Å²) >= 11 is 12.2. The van der Waals surface area contributed by atoms with Gasteiger partial charge in [-0.05, 0) is 55.1 Å². The highest BCUT2D eigenvalue weighted by Gasteiger charge is 2.28. The molecule has 0 bridgehead atoms. The third-order valence-corrected chi connectivity index (χ3v) is 5.62. The number of aliphatic hydroxyl groups is 1. The zero-order valence-corrected chi connectivity index (χ0v) is 13.8. The summed E-state index contributed by atoms with van der Waals surface area (Å²) in [6.45, 7) is 4.60. The lowest BCUT2D eigenvalue weighted by Gasteiger charge is -2.33. The first-order chi connectivity index (χ1) is 9.49. The van der Waals surface area contributed by atoms with Crippen LogP contribution >= 0.6 is 23.2 Å². The molecule has 0 amide bonds. The van der Waals surface area contributed by atoms with Crippen LogP contribution in [0.3, 0.4) is 0 Å². The maximum Gasteiger partial charge on any atom is 0.0625 e. The van der Waals surface area contributed by atoms with Crippen molar-refractivity contribution in [2.24, 2.45) is 17.8 Å². The average molecular weight is 315 g/mol. The van der Waals surface area contributed by atoms with Crippen molar-refractivity contribution in [1.82, 2.24) is 0 Å². The molecule has 2 rings (SSSR count). The van der Waals surface area contributed by atoms with E-state index in [2.05, 4.69) is 13.8 Å². The van der Waals surface area contributed by atoms with Crippen LogP contribution in [0.5, 0.6) is 0 Å². The normalized spacial score (nSPS) is 24.9. The quantitative estimate of drug-likeness (QED) is 0.793. The Hall–Kier alpha value is -0.240. The molecule has 1 fully saturated rings. The molecule has 0 radical (unpaired) electrons. The number of halogens is 2. The van der Waals surface area contributed by atoms with Gasteiger partial charge in [0.05, 0.1) is 16.1 Å². The zero-order chi connectivity index (χ0) is 14.7. The second-order valence-electron chi connectivity index (χ2n) is 6.40. The molecule has 3 heteroatoms. The average Bonchev–Trinajstić information content (AvgIpc) is 2.44. The Morgan fingerprint density at radius 1 is 1.10 bits per heavy atom. The van der Waals surface area contributed by atoms with E-state index in [1.807, 2.05) is 12.1 Å². The van der Waals surface area contributed by atoms with Crippen LogP contribution in [-0.4, -0.2) is 11.2 Å². The van der Waals surface area contributed by atoms with Crippen molar-refractivity contribution < 1.29 is 5.11 Å². The minimum absolute atomic E-state index is 0.306. The van der Waals surface area contributed by atoms with Crippen molar-refractivity contribution in [2.75, 3.05) is 0 Å². The summed E-state index contributed by atoms with van der Waals surface area (Å²) in [5, 5.41) is 11.6. The molecule has 20 heavy (non-hydrogen) atoms. The summed E-state index contributed by atoms with van der Waals surface area (Å²) in [5.41, 5.74) is 0.956. The minimum atomic E-state index is -0.306. The van der Waals surface area contributed by atoms with Crippen LogP contribution in [0.15, 0.2) is 18.2 Å². The predicted octanol–water partition coefficient (Wildman–Crippen LogP) is 5.36. The molecule has 0 heterocycles. The Bertz CT molecular complexity index is 437. The molecule has 1 aromatic rings. The van der Waals surface area contributed by atoms with Crippen LogP contribution in [0.25, 0.3) is 0 Å². The topological polar surface area (TPSA) is 20.2 Å². The van der Waals surface area contributed by atoms with Crippen LogP contribution in [0, 0.1) is 17.8 Å². The summed E-state index contributed by atoms with van der Waals surface area (Å²) in [5.74, 6) is 1.99. The van der Waals surface area contributed by atoms with Gasteiger partial charge in [0.15, 0.2) is 0 Å². The lowest BCUT2D eigenvalue weighted by molar-refractivity contribution is 0.0675. The molecule has 0 saturated heterocycles. The molecule has 0 aliphatic heterocycles. The standard InChI is InChI=1S/C17H24Cl2O/c1-11(2)12-6-8-13(9-7-12)16(20)10-14-4-3-5-15(18)17(14)19/h3-5,11-13,16,20H,6-10H2,1-2H3. The summed E-state index contributed by atoms with van der Waals surface area (Å²) in [4.78, 5) is 0. The molecule has 1 saturated carbocycles. The number of aliphatic hydroxyl groups excluding tert-OH is 1.